The summed E-state index contributed by atoms with van der Waals surface area (Å²) >= 11 is 0. The minimum absolute atomic E-state index is 0.0194. The lowest BCUT2D eigenvalue weighted by molar-refractivity contribution is 0.590. The second-order valence-corrected chi connectivity index (χ2v) is 15.0. The lowest BCUT2D eigenvalue weighted by Crippen LogP contribution is -2.10. The molecule has 2 heteroatoms. The molecule has 0 amide bonds. The van der Waals surface area contributed by atoms with Gasteiger partial charge in [0.15, 0.2) is 0 Å². The molecule has 0 fully saturated rings. The Labute approximate surface area is 296 Å². The van der Waals surface area contributed by atoms with E-state index < -0.39 is 0 Å². The molecular formula is C49H36O2. The van der Waals surface area contributed by atoms with Crippen molar-refractivity contribution in [3.8, 4) is 44.9 Å². The molecule has 0 radical (unpaired) electrons. The highest BCUT2D eigenvalue weighted by molar-refractivity contribution is 6.31. The molecule has 244 valence electrons. The summed E-state index contributed by atoms with van der Waals surface area (Å²) in [6.07, 6.45) is 0. The van der Waals surface area contributed by atoms with Gasteiger partial charge in [-0.25, -0.2) is 0 Å². The number of rotatable bonds is 4. The quantitative estimate of drug-likeness (QED) is 0.176. The monoisotopic (exact) mass is 656 g/mol. The molecule has 0 spiro atoms. The van der Waals surface area contributed by atoms with Crippen LogP contribution < -0.4 is 0 Å². The molecule has 0 aliphatic heterocycles. The van der Waals surface area contributed by atoms with E-state index in [1.165, 1.54) is 65.7 Å². The number of para-hydroxylation sites is 2. The smallest absolute Gasteiger partial charge is 0.136 e. The number of benzene rings is 8. The van der Waals surface area contributed by atoms with Crippen LogP contribution in [0.5, 0.6) is 0 Å². The van der Waals surface area contributed by atoms with Crippen molar-refractivity contribution in [1.82, 2.24) is 0 Å². The average Bonchev–Trinajstić information content (AvgIpc) is 3.78. The normalized spacial score (nSPS) is 12.3. The maximum absolute atomic E-state index is 6.63. The van der Waals surface area contributed by atoms with Crippen LogP contribution in [0.3, 0.4) is 0 Å². The van der Waals surface area contributed by atoms with Gasteiger partial charge in [-0.15, -0.1) is 0 Å². The van der Waals surface area contributed by atoms with Crippen LogP contribution >= 0.6 is 0 Å². The lowest BCUT2D eigenvalue weighted by Gasteiger charge is -2.22. The number of fused-ring (bicyclic) bond motifs is 2. The Balaban J connectivity index is 1.38. The Morgan fingerprint density at radius 3 is 1.37 bits per heavy atom. The molecule has 0 aliphatic rings. The van der Waals surface area contributed by atoms with Crippen molar-refractivity contribution in [2.75, 3.05) is 0 Å². The molecule has 0 bridgehead atoms. The molecular weight excluding hydrogens is 621 g/mol. The summed E-state index contributed by atoms with van der Waals surface area (Å²) in [4.78, 5) is 0. The fraction of sp³-hybridized carbons (Fsp3) is 0.102. The van der Waals surface area contributed by atoms with Crippen molar-refractivity contribution in [2.24, 2.45) is 0 Å². The summed E-state index contributed by atoms with van der Waals surface area (Å²) in [6.45, 7) is 9.00. The maximum atomic E-state index is 6.63. The molecule has 2 aromatic heterocycles. The van der Waals surface area contributed by atoms with E-state index in [4.69, 9.17) is 8.83 Å². The van der Waals surface area contributed by atoms with Gasteiger partial charge < -0.3 is 8.83 Å². The topological polar surface area (TPSA) is 26.3 Å². The highest BCUT2D eigenvalue weighted by atomic mass is 16.3. The van der Waals surface area contributed by atoms with Crippen LogP contribution in [-0.2, 0) is 5.41 Å². The molecule has 2 nitrogen and oxygen atoms in total. The van der Waals surface area contributed by atoms with Gasteiger partial charge in [-0.05, 0) is 109 Å². The van der Waals surface area contributed by atoms with E-state index in [9.17, 15) is 0 Å². The molecule has 0 N–H and O–H groups in total. The van der Waals surface area contributed by atoms with Crippen molar-refractivity contribution >= 4 is 54.3 Å². The maximum Gasteiger partial charge on any atom is 0.136 e. The first kappa shape index (κ1) is 29.8. The molecule has 10 rings (SSSR count). The second kappa shape index (κ2) is 10.9. The second-order valence-electron chi connectivity index (χ2n) is 15.0. The molecule has 8 aromatic carbocycles. The van der Waals surface area contributed by atoms with Gasteiger partial charge in [-0.2, -0.15) is 0 Å². The van der Waals surface area contributed by atoms with Crippen LogP contribution in [-0.4, -0.2) is 0 Å². The van der Waals surface area contributed by atoms with Crippen LogP contribution in [0, 0.1) is 6.92 Å². The zero-order valence-electron chi connectivity index (χ0n) is 29.2. The zero-order valence-corrected chi connectivity index (χ0v) is 29.2. The Morgan fingerprint density at radius 1 is 0.412 bits per heavy atom. The summed E-state index contributed by atoms with van der Waals surface area (Å²) in [5.74, 6) is 1.75. The number of hydrogen-bond acceptors (Lipinski definition) is 2. The van der Waals surface area contributed by atoms with E-state index >= 15 is 0 Å². The van der Waals surface area contributed by atoms with Gasteiger partial charge in [0.2, 0.25) is 0 Å². The molecule has 0 unspecified atom stereocenters. The number of hydrogen-bond donors (Lipinski definition) is 0. The standard InChI is InChI=1S/C49H36O2/c1-29-11-9-14-30(23-29)39-27-41(45-25-32-12-5-7-17-43(32)50-45)37-22-20-36-40(31-15-10-16-34(24-31)49(2,3)4)28-42(38-21-19-35(39)47(37)48(36)38)46-26-33-13-6-8-18-44(33)51-46/h5-28H,1-4H3. The van der Waals surface area contributed by atoms with Gasteiger partial charge in [0.1, 0.15) is 22.7 Å². The largest absolute Gasteiger partial charge is 0.456 e. The average molecular weight is 657 g/mol. The Kier molecular flexibility index (Phi) is 6.38. The minimum Gasteiger partial charge on any atom is -0.456 e. The van der Waals surface area contributed by atoms with Crippen molar-refractivity contribution in [3.63, 3.8) is 0 Å². The summed E-state index contributed by atoms with van der Waals surface area (Å²) < 4.78 is 13.2. The third kappa shape index (κ3) is 4.71. The van der Waals surface area contributed by atoms with E-state index in [0.717, 1.165) is 44.6 Å². The molecule has 0 aliphatic carbocycles. The Hall–Kier alpha value is -6.12. The lowest BCUT2D eigenvalue weighted by atomic mass is 9.81. The van der Waals surface area contributed by atoms with Crippen molar-refractivity contribution < 1.29 is 8.83 Å². The first-order valence-electron chi connectivity index (χ1n) is 17.7. The van der Waals surface area contributed by atoms with E-state index in [2.05, 4.69) is 155 Å². The SMILES string of the molecule is Cc1cccc(-c2cc(-c3cc4ccccc4o3)c3ccc4c(-c5cccc(C(C)(C)C)c5)cc(-c5cc6ccccc6o5)c5ccc2c3c45)c1. The third-order valence-corrected chi connectivity index (χ3v) is 10.6. The zero-order chi connectivity index (χ0) is 34.4. The number of furan rings is 2. The van der Waals surface area contributed by atoms with Crippen LogP contribution in [0.2, 0.25) is 0 Å². The van der Waals surface area contributed by atoms with E-state index in [1.54, 1.807) is 0 Å². The van der Waals surface area contributed by atoms with Crippen LogP contribution in [0.15, 0.2) is 154 Å². The molecule has 2 heterocycles. The van der Waals surface area contributed by atoms with E-state index in [1.807, 2.05) is 18.2 Å². The minimum atomic E-state index is 0.0194. The van der Waals surface area contributed by atoms with Crippen molar-refractivity contribution in [1.29, 1.82) is 0 Å². The summed E-state index contributed by atoms with van der Waals surface area (Å²) in [7, 11) is 0. The molecule has 10 aromatic rings. The molecule has 0 atom stereocenters. The van der Waals surface area contributed by atoms with E-state index in [0.29, 0.717) is 0 Å². The fourth-order valence-electron chi connectivity index (χ4n) is 8.07. The van der Waals surface area contributed by atoms with Crippen molar-refractivity contribution in [3.05, 3.63) is 157 Å². The van der Waals surface area contributed by atoms with Gasteiger partial charge in [0, 0.05) is 21.9 Å². The van der Waals surface area contributed by atoms with Crippen LogP contribution in [0.4, 0.5) is 0 Å². The van der Waals surface area contributed by atoms with Crippen molar-refractivity contribution in [2.45, 2.75) is 33.1 Å². The highest BCUT2D eigenvalue weighted by Gasteiger charge is 2.24. The van der Waals surface area contributed by atoms with Crippen LogP contribution in [0.25, 0.3) is 99.2 Å². The first-order valence-corrected chi connectivity index (χ1v) is 17.7. The first-order chi connectivity index (χ1) is 24.8. The molecule has 0 saturated carbocycles. The fourth-order valence-corrected chi connectivity index (χ4v) is 8.07. The predicted molar refractivity (Wildman–Crippen MR) is 215 cm³/mol. The summed E-state index contributed by atoms with van der Waals surface area (Å²) in [5, 5.41) is 9.49. The summed E-state index contributed by atoms with van der Waals surface area (Å²) in [6, 6.07) is 52.8. The molecule has 51 heavy (non-hydrogen) atoms. The highest BCUT2D eigenvalue weighted by Crippen LogP contribution is 2.49. The molecule has 0 saturated heterocycles. The van der Waals surface area contributed by atoms with Gasteiger partial charge in [0.25, 0.3) is 0 Å². The van der Waals surface area contributed by atoms with Gasteiger partial charge in [-0.1, -0.05) is 136 Å². The third-order valence-electron chi connectivity index (χ3n) is 10.6. The van der Waals surface area contributed by atoms with E-state index in [-0.39, 0.29) is 5.41 Å². The Morgan fingerprint density at radius 2 is 0.882 bits per heavy atom. The van der Waals surface area contributed by atoms with Crippen LogP contribution in [0.1, 0.15) is 31.9 Å². The van der Waals surface area contributed by atoms with Gasteiger partial charge >= 0.3 is 0 Å². The predicted octanol–water partition coefficient (Wildman–Crippen LogP) is 14.4. The van der Waals surface area contributed by atoms with Gasteiger partial charge in [-0.3, -0.25) is 0 Å². The number of aryl methyl sites for hydroxylation is 1. The Bertz CT molecular complexity index is 2900. The van der Waals surface area contributed by atoms with Gasteiger partial charge in [0.05, 0.1) is 0 Å². The summed E-state index contributed by atoms with van der Waals surface area (Å²) in [5.41, 5.74) is 11.3.